The van der Waals surface area contributed by atoms with Crippen LogP contribution >= 0.6 is 39.0 Å². The van der Waals surface area contributed by atoms with E-state index in [1.54, 1.807) is 0 Å². The molecular formula is C15H9BrN4O2S2. The molecule has 0 aliphatic carbocycles. The Morgan fingerprint density at radius 3 is 3.00 bits per heavy atom. The summed E-state index contributed by atoms with van der Waals surface area (Å²) in [5.41, 5.74) is 1.42. The van der Waals surface area contributed by atoms with Gasteiger partial charge in [0.05, 0.1) is 16.8 Å². The predicted octanol–water partition coefficient (Wildman–Crippen LogP) is 4.09. The summed E-state index contributed by atoms with van der Waals surface area (Å²) >= 11 is 6.17. The number of thioether (sulfide) groups is 1. The second kappa shape index (κ2) is 6.50. The number of aromatic amines is 1. The maximum Gasteiger partial charge on any atom is 0.277 e. The highest BCUT2D eigenvalue weighted by Crippen LogP contribution is 2.29. The fourth-order valence-corrected chi connectivity index (χ4v) is 3.94. The average Bonchev–Trinajstić information content (AvgIpc) is 3.22. The van der Waals surface area contributed by atoms with Gasteiger partial charge < -0.3 is 9.40 Å². The van der Waals surface area contributed by atoms with Crippen molar-refractivity contribution < 1.29 is 4.42 Å². The highest BCUT2D eigenvalue weighted by Gasteiger charge is 2.12. The van der Waals surface area contributed by atoms with Gasteiger partial charge in [-0.05, 0) is 39.5 Å². The molecule has 0 atom stereocenters. The molecular weight excluding hydrogens is 412 g/mol. The van der Waals surface area contributed by atoms with Crippen LogP contribution in [0, 0.1) is 0 Å². The Bertz CT molecular complexity index is 1070. The Morgan fingerprint density at radius 1 is 1.25 bits per heavy atom. The van der Waals surface area contributed by atoms with Crippen LogP contribution in [0.5, 0.6) is 0 Å². The van der Waals surface area contributed by atoms with Gasteiger partial charge in [0.2, 0.25) is 5.89 Å². The standard InChI is InChI=1S/C15H9BrN4O2S2/c16-9-4-2-1-3-8(9)14-19-20-15(22-14)24-7-11-17-10-5-6-23-12(10)13(21)18-11/h1-6H,7H2,(H,17,18,21). The summed E-state index contributed by atoms with van der Waals surface area (Å²) in [6.07, 6.45) is 0. The monoisotopic (exact) mass is 420 g/mol. The Hall–Kier alpha value is -1.97. The van der Waals surface area contributed by atoms with Crippen LogP contribution in [0.2, 0.25) is 0 Å². The van der Waals surface area contributed by atoms with E-state index in [1.807, 2.05) is 35.7 Å². The molecule has 120 valence electrons. The van der Waals surface area contributed by atoms with E-state index in [0.29, 0.717) is 32.9 Å². The highest BCUT2D eigenvalue weighted by molar-refractivity contribution is 9.10. The number of aromatic nitrogens is 4. The third-order valence-electron chi connectivity index (χ3n) is 3.21. The number of hydrogen-bond donors (Lipinski definition) is 1. The van der Waals surface area contributed by atoms with Gasteiger partial charge in [-0.15, -0.1) is 21.5 Å². The van der Waals surface area contributed by atoms with Gasteiger partial charge in [-0.3, -0.25) is 4.79 Å². The molecule has 0 bridgehead atoms. The van der Waals surface area contributed by atoms with Crippen molar-refractivity contribution in [2.75, 3.05) is 0 Å². The van der Waals surface area contributed by atoms with Crippen molar-refractivity contribution in [1.29, 1.82) is 0 Å². The maximum atomic E-state index is 11.9. The summed E-state index contributed by atoms with van der Waals surface area (Å²) in [4.78, 5) is 19.2. The van der Waals surface area contributed by atoms with Gasteiger partial charge in [-0.2, -0.15) is 0 Å². The Balaban J connectivity index is 1.54. The van der Waals surface area contributed by atoms with Crippen molar-refractivity contribution in [2.45, 2.75) is 11.0 Å². The lowest BCUT2D eigenvalue weighted by Crippen LogP contribution is -2.09. The molecule has 3 aromatic heterocycles. The zero-order valence-corrected chi connectivity index (χ0v) is 15.2. The van der Waals surface area contributed by atoms with Crippen molar-refractivity contribution in [3.63, 3.8) is 0 Å². The molecule has 3 heterocycles. The minimum atomic E-state index is -0.120. The first kappa shape index (κ1) is 15.6. The minimum absolute atomic E-state index is 0.120. The fourth-order valence-electron chi connectivity index (χ4n) is 2.13. The molecule has 6 nitrogen and oxygen atoms in total. The van der Waals surface area contributed by atoms with Gasteiger partial charge in [0.15, 0.2) is 0 Å². The van der Waals surface area contributed by atoms with Crippen LogP contribution in [-0.2, 0) is 5.75 Å². The van der Waals surface area contributed by atoms with E-state index in [4.69, 9.17) is 4.42 Å². The second-order valence-corrected chi connectivity index (χ2v) is 7.49. The van der Waals surface area contributed by atoms with E-state index in [9.17, 15) is 4.79 Å². The SMILES string of the molecule is O=c1[nH]c(CSc2nnc(-c3ccccc3Br)o2)nc2ccsc12. The molecule has 1 N–H and O–H groups in total. The summed E-state index contributed by atoms with van der Waals surface area (Å²) in [5.74, 6) is 1.47. The van der Waals surface area contributed by atoms with Crippen molar-refractivity contribution >= 4 is 49.2 Å². The molecule has 0 radical (unpaired) electrons. The summed E-state index contributed by atoms with van der Waals surface area (Å²) < 4.78 is 7.19. The molecule has 24 heavy (non-hydrogen) atoms. The summed E-state index contributed by atoms with van der Waals surface area (Å²) in [7, 11) is 0. The van der Waals surface area contributed by atoms with Crippen LogP contribution in [0.1, 0.15) is 5.82 Å². The highest BCUT2D eigenvalue weighted by atomic mass is 79.9. The average molecular weight is 421 g/mol. The maximum absolute atomic E-state index is 11.9. The predicted molar refractivity (Wildman–Crippen MR) is 97.2 cm³/mol. The van der Waals surface area contributed by atoms with E-state index in [2.05, 4.69) is 36.1 Å². The number of benzene rings is 1. The number of H-pyrrole nitrogens is 1. The summed E-state index contributed by atoms with van der Waals surface area (Å²) in [6.45, 7) is 0. The molecule has 0 unspecified atom stereocenters. The van der Waals surface area contributed by atoms with Crippen LogP contribution in [-0.4, -0.2) is 20.2 Å². The Kier molecular flexibility index (Phi) is 4.21. The first-order chi connectivity index (χ1) is 11.7. The van der Waals surface area contributed by atoms with E-state index >= 15 is 0 Å². The Morgan fingerprint density at radius 2 is 2.12 bits per heavy atom. The number of nitrogens with zero attached hydrogens (tertiary/aromatic N) is 3. The molecule has 4 rings (SSSR count). The lowest BCUT2D eigenvalue weighted by molar-refractivity contribution is 0.465. The van der Waals surface area contributed by atoms with Crippen molar-refractivity contribution in [2.24, 2.45) is 0 Å². The third kappa shape index (κ3) is 3.02. The van der Waals surface area contributed by atoms with Crippen LogP contribution in [0.4, 0.5) is 0 Å². The number of rotatable bonds is 4. The zero-order chi connectivity index (χ0) is 16.5. The number of fused-ring (bicyclic) bond motifs is 1. The molecule has 0 saturated heterocycles. The lowest BCUT2D eigenvalue weighted by Gasteiger charge is -1.99. The molecule has 0 amide bonds. The molecule has 0 fully saturated rings. The van der Waals surface area contributed by atoms with Gasteiger partial charge >= 0.3 is 0 Å². The van der Waals surface area contributed by atoms with Crippen LogP contribution in [0.3, 0.4) is 0 Å². The summed E-state index contributed by atoms with van der Waals surface area (Å²) in [6, 6.07) is 9.47. The van der Waals surface area contributed by atoms with Crippen molar-refractivity contribution in [1.82, 2.24) is 20.2 Å². The smallest absolute Gasteiger partial charge is 0.277 e. The van der Waals surface area contributed by atoms with Crippen molar-refractivity contribution in [3.05, 3.63) is 56.4 Å². The van der Waals surface area contributed by atoms with Gasteiger partial charge in [-0.1, -0.05) is 23.9 Å². The molecule has 0 spiro atoms. The molecule has 0 saturated carbocycles. The molecule has 9 heteroatoms. The summed E-state index contributed by atoms with van der Waals surface area (Å²) in [5, 5.41) is 10.4. The van der Waals surface area contributed by atoms with E-state index in [1.165, 1.54) is 23.1 Å². The van der Waals surface area contributed by atoms with E-state index in [0.717, 1.165) is 10.0 Å². The van der Waals surface area contributed by atoms with Gasteiger partial charge in [0.25, 0.3) is 10.8 Å². The van der Waals surface area contributed by atoms with Gasteiger partial charge in [0, 0.05) is 4.47 Å². The molecule has 4 aromatic rings. The third-order valence-corrected chi connectivity index (χ3v) is 5.63. The van der Waals surface area contributed by atoms with E-state index in [-0.39, 0.29) is 5.56 Å². The zero-order valence-electron chi connectivity index (χ0n) is 12.0. The number of nitrogens with one attached hydrogen (secondary N) is 1. The van der Waals surface area contributed by atoms with Gasteiger partial charge in [-0.25, -0.2) is 4.98 Å². The van der Waals surface area contributed by atoms with Crippen molar-refractivity contribution in [3.8, 4) is 11.5 Å². The van der Waals surface area contributed by atoms with E-state index < -0.39 is 0 Å². The Labute approximate surface area is 152 Å². The number of hydrogen-bond acceptors (Lipinski definition) is 7. The number of halogens is 1. The lowest BCUT2D eigenvalue weighted by atomic mass is 10.2. The minimum Gasteiger partial charge on any atom is -0.411 e. The second-order valence-electron chi connectivity index (χ2n) is 4.79. The fraction of sp³-hybridized carbons (Fsp3) is 0.0667. The van der Waals surface area contributed by atoms with Crippen LogP contribution < -0.4 is 5.56 Å². The van der Waals surface area contributed by atoms with Gasteiger partial charge in [0.1, 0.15) is 10.5 Å². The first-order valence-corrected chi connectivity index (χ1v) is 9.54. The van der Waals surface area contributed by atoms with Crippen LogP contribution in [0.25, 0.3) is 21.7 Å². The molecule has 0 aliphatic heterocycles. The largest absolute Gasteiger partial charge is 0.411 e. The number of thiophene rings is 1. The van der Waals surface area contributed by atoms with Crippen LogP contribution in [0.15, 0.2) is 54.6 Å². The molecule has 0 aliphatic rings. The first-order valence-electron chi connectivity index (χ1n) is 6.88. The quantitative estimate of drug-likeness (QED) is 0.500. The molecule has 1 aromatic carbocycles. The topological polar surface area (TPSA) is 84.7 Å². The normalized spacial score (nSPS) is 11.2.